The van der Waals surface area contributed by atoms with Gasteiger partial charge in [0.1, 0.15) is 5.75 Å². The zero-order chi connectivity index (χ0) is 19.1. The third kappa shape index (κ3) is 4.76. The van der Waals surface area contributed by atoms with Gasteiger partial charge in [0.25, 0.3) is 0 Å². The lowest BCUT2D eigenvalue weighted by molar-refractivity contribution is 0.0729. The Labute approximate surface area is 158 Å². The molecule has 0 fully saturated rings. The highest BCUT2D eigenvalue weighted by molar-refractivity contribution is 5.91. The lowest BCUT2D eigenvalue weighted by Gasteiger charge is -2.10. The maximum atomic E-state index is 12.3. The van der Waals surface area contributed by atoms with Crippen LogP contribution >= 0.6 is 0 Å². The van der Waals surface area contributed by atoms with Gasteiger partial charge in [-0.25, -0.2) is 4.79 Å². The van der Waals surface area contributed by atoms with Gasteiger partial charge in [0, 0.05) is 0 Å². The summed E-state index contributed by atoms with van der Waals surface area (Å²) in [5.74, 6) is 1.09. The molecule has 0 aliphatic heterocycles. The fourth-order valence-electron chi connectivity index (χ4n) is 2.51. The fourth-order valence-corrected chi connectivity index (χ4v) is 2.51. The number of esters is 1. The van der Waals surface area contributed by atoms with E-state index in [1.807, 2.05) is 54.6 Å². The molecule has 0 aromatic heterocycles. The van der Waals surface area contributed by atoms with Crippen molar-refractivity contribution in [2.24, 2.45) is 0 Å². The van der Waals surface area contributed by atoms with Crippen LogP contribution in [0.2, 0.25) is 0 Å². The lowest BCUT2D eigenvalue weighted by atomic mass is 10.1. The molecule has 0 atom stereocenters. The molecule has 0 aliphatic carbocycles. The molecule has 136 valence electrons. The number of methoxy groups -OCH3 is 2. The number of rotatable bonds is 6. The Morgan fingerprint density at radius 3 is 2.11 bits per heavy atom. The third-order valence-electron chi connectivity index (χ3n) is 3.98. The van der Waals surface area contributed by atoms with Crippen molar-refractivity contribution in [3.8, 4) is 17.2 Å². The molecule has 0 heterocycles. The van der Waals surface area contributed by atoms with E-state index in [0.29, 0.717) is 22.8 Å². The normalized spacial score (nSPS) is 10.6. The highest BCUT2D eigenvalue weighted by Gasteiger charge is 2.12. The summed E-state index contributed by atoms with van der Waals surface area (Å²) < 4.78 is 16.0. The Hall–Kier alpha value is -3.53. The largest absolute Gasteiger partial charge is 0.497 e. The number of hydrogen-bond acceptors (Lipinski definition) is 4. The second kappa shape index (κ2) is 8.72. The average molecular weight is 360 g/mol. The van der Waals surface area contributed by atoms with Gasteiger partial charge in [-0.15, -0.1) is 0 Å². The minimum atomic E-state index is -0.455. The Bertz CT molecular complexity index is 928. The fraction of sp³-hybridized carbons (Fsp3) is 0.0870. The minimum absolute atomic E-state index is 0.371. The molecule has 3 rings (SSSR count). The molecular formula is C23H20O4. The Balaban J connectivity index is 1.75. The van der Waals surface area contributed by atoms with Crippen LogP contribution in [0.25, 0.3) is 12.2 Å². The molecule has 0 N–H and O–H groups in total. The molecule has 0 spiro atoms. The molecular weight excluding hydrogens is 340 g/mol. The van der Waals surface area contributed by atoms with Crippen molar-refractivity contribution >= 4 is 18.1 Å². The number of carbonyl (C=O) groups is 1. The molecule has 4 heteroatoms. The molecule has 0 saturated carbocycles. The first-order chi connectivity index (χ1) is 13.2. The van der Waals surface area contributed by atoms with Gasteiger partial charge in [-0.05, 0) is 47.5 Å². The molecule has 0 radical (unpaired) electrons. The summed E-state index contributed by atoms with van der Waals surface area (Å²) in [6.07, 6.45) is 3.99. The second-order valence-electron chi connectivity index (χ2n) is 5.77. The van der Waals surface area contributed by atoms with Crippen molar-refractivity contribution in [2.75, 3.05) is 14.2 Å². The zero-order valence-electron chi connectivity index (χ0n) is 15.2. The highest BCUT2D eigenvalue weighted by atomic mass is 16.6. The number of carbonyl (C=O) groups excluding carboxylic acids is 1. The maximum Gasteiger partial charge on any atom is 0.343 e. The number of benzene rings is 3. The van der Waals surface area contributed by atoms with E-state index in [4.69, 9.17) is 14.2 Å². The molecule has 0 unspecified atom stereocenters. The lowest BCUT2D eigenvalue weighted by Crippen LogP contribution is -2.09. The summed E-state index contributed by atoms with van der Waals surface area (Å²) in [6.45, 7) is 0. The van der Waals surface area contributed by atoms with Crippen LogP contribution in [0.15, 0.2) is 72.8 Å². The topological polar surface area (TPSA) is 44.8 Å². The Morgan fingerprint density at radius 2 is 1.44 bits per heavy atom. The standard InChI is InChI=1S/C23H20O4/c1-25-20-13-11-19(12-14-20)23(24)27-21-15-10-18(16-22(21)26-2)9-8-17-6-4-3-5-7-17/h3-16H,1-2H3/b9-8+. The molecule has 0 amide bonds. The van der Waals surface area contributed by atoms with Crippen molar-refractivity contribution in [1.82, 2.24) is 0 Å². The maximum absolute atomic E-state index is 12.3. The van der Waals surface area contributed by atoms with Crippen molar-refractivity contribution < 1.29 is 19.0 Å². The molecule has 0 bridgehead atoms. The smallest absolute Gasteiger partial charge is 0.343 e. The van der Waals surface area contributed by atoms with Gasteiger partial charge < -0.3 is 14.2 Å². The predicted octanol–water partition coefficient (Wildman–Crippen LogP) is 5.09. The second-order valence-corrected chi connectivity index (χ2v) is 5.77. The van der Waals surface area contributed by atoms with Gasteiger partial charge in [-0.2, -0.15) is 0 Å². The van der Waals surface area contributed by atoms with Crippen LogP contribution in [0, 0.1) is 0 Å². The highest BCUT2D eigenvalue weighted by Crippen LogP contribution is 2.29. The van der Waals surface area contributed by atoms with E-state index in [2.05, 4.69) is 0 Å². The van der Waals surface area contributed by atoms with Gasteiger partial charge in [-0.1, -0.05) is 48.6 Å². The number of hydrogen-bond donors (Lipinski definition) is 0. The monoisotopic (exact) mass is 360 g/mol. The van der Waals surface area contributed by atoms with Gasteiger partial charge in [0.15, 0.2) is 11.5 Å². The van der Waals surface area contributed by atoms with Crippen LogP contribution < -0.4 is 14.2 Å². The molecule has 0 aliphatic rings. The van der Waals surface area contributed by atoms with E-state index in [0.717, 1.165) is 11.1 Å². The van der Waals surface area contributed by atoms with Crippen LogP contribution in [0.4, 0.5) is 0 Å². The van der Waals surface area contributed by atoms with E-state index in [1.54, 1.807) is 44.6 Å². The third-order valence-corrected chi connectivity index (χ3v) is 3.98. The number of ether oxygens (including phenoxy) is 3. The van der Waals surface area contributed by atoms with E-state index >= 15 is 0 Å². The molecule has 0 saturated heterocycles. The van der Waals surface area contributed by atoms with Crippen LogP contribution in [0.5, 0.6) is 17.2 Å². The first kappa shape index (κ1) is 18.3. The van der Waals surface area contributed by atoms with E-state index < -0.39 is 5.97 Å². The van der Waals surface area contributed by atoms with E-state index in [9.17, 15) is 4.79 Å². The van der Waals surface area contributed by atoms with Gasteiger partial charge in [-0.3, -0.25) is 0 Å². The summed E-state index contributed by atoms with van der Waals surface area (Å²) >= 11 is 0. The van der Waals surface area contributed by atoms with Crippen LogP contribution in [-0.4, -0.2) is 20.2 Å². The van der Waals surface area contributed by atoms with Crippen LogP contribution in [0.1, 0.15) is 21.5 Å². The summed E-state index contributed by atoms with van der Waals surface area (Å²) in [7, 11) is 3.12. The first-order valence-electron chi connectivity index (χ1n) is 8.47. The average Bonchev–Trinajstić information content (AvgIpc) is 2.73. The summed E-state index contributed by atoms with van der Waals surface area (Å²) in [5, 5.41) is 0. The van der Waals surface area contributed by atoms with E-state index in [1.165, 1.54) is 0 Å². The molecule has 3 aromatic carbocycles. The Morgan fingerprint density at radius 1 is 0.741 bits per heavy atom. The molecule has 3 aromatic rings. The van der Waals surface area contributed by atoms with Crippen LogP contribution in [-0.2, 0) is 0 Å². The summed E-state index contributed by atoms with van der Waals surface area (Å²) in [4.78, 5) is 12.3. The summed E-state index contributed by atoms with van der Waals surface area (Å²) in [6, 6.07) is 22.2. The summed E-state index contributed by atoms with van der Waals surface area (Å²) in [5.41, 5.74) is 2.48. The van der Waals surface area contributed by atoms with Crippen LogP contribution in [0.3, 0.4) is 0 Å². The van der Waals surface area contributed by atoms with Gasteiger partial charge >= 0.3 is 5.97 Å². The zero-order valence-corrected chi connectivity index (χ0v) is 15.2. The first-order valence-corrected chi connectivity index (χ1v) is 8.47. The quantitative estimate of drug-likeness (QED) is 0.349. The van der Waals surface area contributed by atoms with Crippen molar-refractivity contribution in [2.45, 2.75) is 0 Å². The van der Waals surface area contributed by atoms with Crippen molar-refractivity contribution in [1.29, 1.82) is 0 Å². The predicted molar refractivity (Wildman–Crippen MR) is 106 cm³/mol. The molecule has 4 nitrogen and oxygen atoms in total. The Kier molecular flexibility index (Phi) is 5.90. The SMILES string of the molecule is COc1ccc(C(=O)Oc2ccc(/C=C/c3ccccc3)cc2OC)cc1. The minimum Gasteiger partial charge on any atom is -0.497 e. The van der Waals surface area contributed by atoms with Crippen molar-refractivity contribution in [3.63, 3.8) is 0 Å². The van der Waals surface area contributed by atoms with Crippen molar-refractivity contribution in [3.05, 3.63) is 89.5 Å². The molecule has 27 heavy (non-hydrogen) atoms. The van der Waals surface area contributed by atoms with E-state index in [-0.39, 0.29) is 0 Å². The van der Waals surface area contributed by atoms with Gasteiger partial charge in [0.2, 0.25) is 0 Å². The van der Waals surface area contributed by atoms with Gasteiger partial charge in [0.05, 0.1) is 19.8 Å².